The molecule has 0 amide bonds. The number of nitrogens with one attached hydrogen (secondary N) is 1. The van der Waals surface area contributed by atoms with Gasteiger partial charge < -0.3 is 14.6 Å². The number of carbonyl (C=O) groups is 1. The molecule has 0 aliphatic carbocycles. The lowest BCUT2D eigenvalue weighted by atomic mass is 10.1. The fourth-order valence-corrected chi connectivity index (χ4v) is 3.09. The molecule has 10 heteroatoms. The quantitative estimate of drug-likeness (QED) is 0.711. The highest BCUT2D eigenvalue weighted by Crippen LogP contribution is 2.38. The van der Waals surface area contributed by atoms with Gasteiger partial charge in [-0.25, -0.2) is 9.48 Å². The molecule has 10 nitrogen and oxygen atoms in total. The van der Waals surface area contributed by atoms with Gasteiger partial charge in [-0.3, -0.25) is 14.3 Å². The van der Waals surface area contributed by atoms with Crippen LogP contribution in [0.15, 0.2) is 28.0 Å². The van der Waals surface area contributed by atoms with E-state index in [4.69, 9.17) is 4.74 Å². The number of carbonyl (C=O) groups excluding carboxylic acids is 1. The number of ketones is 1. The van der Waals surface area contributed by atoms with Gasteiger partial charge in [0.1, 0.15) is 17.9 Å². The Morgan fingerprint density at radius 3 is 2.85 bits per heavy atom. The summed E-state index contributed by atoms with van der Waals surface area (Å²) in [5.41, 5.74) is -0.533. The first-order chi connectivity index (χ1) is 12.4. The molecule has 0 radical (unpaired) electrons. The van der Waals surface area contributed by atoms with Gasteiger partial charge in [-0.05, 0) is 19.8 Å². The fraction of sp³-hybridized carbons (Fsp3) is 0.562. The Kier molecular flexibility index (Phi) is 5.14. The van der Waals surface area contributed by atoms with Crippen LogP contribution >= 0.6 is 0 Å². The second-order valence-corrected chi connectivity index (χ2v) is 6.36. The molecule has 1 aliphatic rings. The molecule has 3 rings (SSSR count). The monoisotopic (exact) mass is 363 g/mol. The van der Waals surface area contributed by atoms with Crippen molar-refractivity contribution < 1.29 is 14.6 Å². The Balaban J connectivity index is 1.94. The standard InChI is InChI=1S/C16H21N5O5/c1-3-11-14(24)13(21-8-10(18-19-21)5-4-9(2)22)15(26-11)20-7-6-12(23)17-16(20)25/h6-8,11,13-15,24H,3-5H2,1-2H3,(H,17,23,25)/t11-,13+,14?,15-/m1/s1. The van der Waals surface area contributed by atoms with Crippen molar-refractivity contribution in [3.63, 3.8) is 0 Å². The molecule has 2 aromatic heterocycles. The van der Waals surface area contributed by atoms with Crippen LogP contribution in [0.5, 0.6) is 0 Å². The topological polar surface area (TPSA) is 132 Å². The Morgan fingerprint density at radius 1 is 1.42 bits per heavy atom. The molecule has 1 unspecified atom stereocenters. The van der Waals surface area contributed by atoms with Crippen LogP contribution in [0.3, 0.4) is 0 Å². The average Bonchev–Trinajstić information content (AvgIpc) is 3.17. The highest BCUT2D eigenvalue weighted by atomic mass is 16.5. The lowest BCUT2D eigenvalue weighted by molar-refractivity contribution is -0.117. The van der Waals surface area contributed by atoms with E-state index in [0.29, 0.717) is 25.0 Å². The van der Waals surface area contributed by atoms with Gasteiger partial charge in [-0.1, -0.05) is 12.1 Å². The van der Waals surface area contributed by atoms with Gasteiger partial charge in [0.05, 0.1) is 11.8 Å². The van der Waals surface area contributed by atoms with Crippen molar-refractivity contribution in [2.24, 2.45) is 0 Å². The Morgan fingerprint density at radius 2 is 2.19 bits per heavy atom. The summed E-state index contributed by atoms with van der Waals surface area (Å²) in [5, 5.41) is 18.7. The van der Waals surface area contributed by atoms with E-state index in [9.17, 15) is 19.5 Å². The summed E-state index contributed by atoms with van der Waals surface area (Å²) >= 11 is 0. The molecule has 0 bridgehead atoms. The van der Waals surface area contributed by atoms with Crippen molar-refractivity contribution in [1.29, 1.82) is 0 Å². The van der Waals surface area contributed by atoms with Gasteiger partial charge >= 0.3 is 5.69 Å². The van der Waals surface area contributed by atoms with Crippen molar-refractivity contribution in [2.45, 2.75) is 57.6 Å². The number of hydrogen-bond donors (Lipinski definition) is 2. The highest BCUT2D eigenvalue weighted by molar-refractivity contribution is 5.75. The van der Waals surface area contributed by atoms with Crippen molar-refractivity contribution in [3.8, 4) is 0 Å². The van der Waals surface area contributed by atoms with E-state index in [1.165, 1.54) is 28.4 Å². The largest absolute Gasteiger partial charge is 0.388 e. The van der Waals surface area contributed by atoms with E-state index in [1.54, 1.807) is 6.20 Å². The van der Waals surface area contributed by atoms with Gasteiger partial charge in [-0.15, -0.1) is 5.10 Å². The van der Waals surface area contributed by atoms with E-state index < -0.39 is 35.7 Å². The van der Waals surface area contributed by atoms with Crippen molar-refractivity contribution in [3.05, 3.63) is 45.0 Å². The summed E-state index contributed by atoms with van der Waals surface area (Å²) in [5.74, 6) is 0.0486. The minimum absolute atomic E-state index is 0.0486. The Labute approximate surface area is 148 Å². The van der Waals surface area contributed by atoms with Crippen LogP contribution < -0.4 is 11.2 Å². The average molecular weight is 363 g/mol. The summed E-state index contributed by atoms with van der Waals surface area (Å²) in [6, 6.07) is 0.523. The van der Waals surface area contributed by atoms with Crippen LogP contribution in [-0.4, -0.2) is 47.6 Å². The molecule has 0 aromatic carbocycles. The number of ether oxygens (including phenoxy) is 1. The van der Waals surface area contributed by atoms with E-state index >= 15 is 0 Å². The van der Waals surface area contributed by atoms with E-state index in [0.717, 1.165) is 0 Å². The maximum atomic E-state index is 12.2. The van der Waals surface area contributed by atoms with Crippen LogP contribution in [0, 0.1) is 0 Å². The maximum Gasteiger partial charge on any atom is 0.330 e. The molecule has 3 heterocycles. The minimum atomic E-state index is -0.911. The number of H-pyrrole nitrogens is 1. The highest BCUT2D eigenvalue weighted by Gasteiger charge is 2.46. The van der Waals surface area contributed by atoms with Gasteiger partial charge in [0.25, 0.3) is 5.56 Å². The molecule has 1 saturated heterocycles. The van der Waals surface area contributed by atoms with Crippen molar-refractivity contribution in [2.75, 3.05) is 0 Å². The number of nitrogens with zero attached hydrogens (tertiary/aromatic N) is 4. The third-order valence-corrected chi connectivity index (χ3v) is 4.46. The Hall–Kier alpha value is -2.59. The molecule has 1 fully saturated rings. The summed E-state index contributed by atoms with van der Waals surface area (Å²) in [7, 11) is 0. The Bertz CT molecular complexity index is 901. The third-order valence-electron chi connectivity index (χ3n) is 4.46. The van der Waals surface area contributed by atoms with Gasteiger partial charge in [0.15, 0.2) is 6.23 Å². The summed E-state index contributed by atoms with van der Waals surface area (Å²) < 4.78 is 8.53. The van der Waals surface area contributed by atoms with Crippen LogP contribution in [0.1, 0.15) is 44.7 Å². The lowest BCUT2D eigenvalue weighted by Gasteiger charge is -2.21. The fourth-order valence-electron chi connectivity index (χ4n) is 3.09. The molecule has 0 spiro atoms. The number of aliphatic hydroxyl groups is 1. The van der Waals surface area contributed by atoms with Crippen molar-refractivity contribution >= 4 is 5.78 Å². The zero-order chi connectivity index (χ0) is 18.8. The van der Waals surface area contributed by atoms with E-state index in [1.807, 2.05) is 6.92 Å². The van der Waals surface area contributed by atoms with Crippen LogP contribution in [0.25, 0.3) is 0 Å². The van der Waals surface area contributed by atoms with Crippen LogP contribution in [-0.2, 0) is 16.0 Å². The molecule has 2 aromatic rings. The minimum Gasteiger partial charge on any atom is -0.388 e. The smallest absolute Gasteiger partial charge is 0.330 e. The van der Waals surface area contributed by atoms with Crippen LogP contribution in [0.4, 0.5) is 0 Å². The van der Waals surface area contributed by atoms with Crippen molar-refractivity contribution in [1.82, 2.24) is 24.5 Å². The lowest BCUT2D eigenvalue weighted by Crippen LogP contribution is -2.36. The summed E-state index contributed by atoms with van der Waals surface area (Å²) in [4.78, 5) is 36.8. The number of rotatable bonds is 6. The van der Waals surface area contributed by atoms with Gasteiger partial charge in [0, 0.05) is 24.9 Å². The molecular formula is C16H21N5O5. The number of hydrogen-bond acceptors (Lipinski definition) is 7. The maximum absolute atomic E-state index is 12.2. The predicted octanol–water partition coefficient (Wildman–Crippen LogP) is -0.441. The molecule has 1 aliphatic heterocycles. The summed E-state index contributed by atoms with van der Waals surface area (Å²) in [6.07, 6.45) is 2.06. The van der Waals surface area contributed by atoms with E-state index in [2.05, 4.69) is 15.3 Å². The van der Waals surface area contributed by atoms with Crippen LogP contribution in [0.2, 0.25) is 0 Å². The SMILES string of the molecule is CC[C@H]1O[C@@H](n2ccc(=O)[nH]c2=O)[C@@H](n2cc(CCC(C)=O)nn2)C1O. The first-order valence-electron chi connectivity index (χ1n) is 8.46. The molecule has 26 heavy (non-hydrogen) atoms. The first kappa shape index (κ1) is 18.2. The number of aliphatic hydroxyl groups excluding tert-OH is 1. The number of aryl methyl sites for hydroxylation is 1. The number of aromatic nitrogens is 5. The molecule has 140 valence electrons. The number of Topliss-reactive ketones (excluding diaryl/α,β-unsaturated/α-hetero) is 1. The molecule has 4 atom stereocenters. The van der Waals surface area contributed by atoms with E-state index in [-0.39, 0.29) is 5.78 Å². The second-order valence-electron chi connectivity index (χ2n) is 6.36. The summed E-state index contributed by atoms with van der Waals surface area (Å²) in [6.45, 7) is 3.37. The number of aromatic amines is 1. The second kappa shape index (κ2) is 7.34. The predicted molar refractivity (Wildman–Crippen MR) is 89.6 cm³/mol. The molecule has 2 N–H and O–H groups in total. The zero-order valence-electron chi connectivity index (χ0n) is 14.5. The third kappa shape index (κ3) is 3.51. The van der Waals surface area contributed by atoms with Gasteiger partial charge in [-0.2, -0.15) is 0 Å². The normalized spacial score (nSPS) is 25.5. The van der Waals surface area contributed by atoms with Gasteiger partial charge in [0.2, 0.25) is 0 Å². The first-order valence-corrected chi connectivity index (χ1v) is 8.46. The molecular weight excluding hydrogens is 342 g/mol. The zero-order valence-corrected chi connectivity index (χ0v) is 14.5. The molecule has 0 saturated carbocycles.